The van der Waals surface area contributed by atoms with Gasteiger partial charge in [-0.05, 0) is 25.5 Å². The number of amides is 1. The average molecular weight is 260 g/mol. The Balaban J connectivity index is 0.000000861. The van der Waals surface area contributed by atoms with Crippen LogP contribution in [0.1, 0.15) is 35.5 Å². The molecule has 0 aliphatic rings. The maximum absolute atomic E-state index is 11.1. The van der Waals surface area contributed by atoms with Crippen LogP contribution in [0.5, 0.6) is 0 Å². The number of anilines is 1. The van der Waals surface area contributed by atoms with Gasteiger partial charge in [0.2, 0.25) is 0 Å². The van der Waals surface area contributed by atoms with Crippen LogP contribution in [-0.2, 0) is 0 Å². The number of benzene rings is 1. The largest absolute Gasteiger partial charge is 0.396 e. The molecule has 5 heteroatoms. The number of rotatable bonds is 2. The molecule has 2 aromatic rings. The highest BCUT2D eigenvalue weighted by Gasteiger charge is 2.12. The van der Waals surface area contributed by atoms with Crippen molar-refractivity contribution in [2.75, 3.05) is 5.73 Å². The lowest BCUT2D eigenvalue weighted by atomic mass is 10.1. The zero-order valence-electron chi connectivity index (χ0n) is 11.8. The number of carbonyl (C=O) groups is 1. The Bertz CT molecular complexity index is 587. The molecular weight excluding hydrogens is 240 g/mol. The highest BCUT2D eigenvalue weighted by atomic mass is 16.1. The summed E-state index contributed by atoms with van der Waals surface area (Å²) in [4.78, 5) is 11.1. The minimum atomic E-state index is -0.619. The lowest BCUT2D eigenvalue weighted by Gasteiger charge is -2.06. The van der Waals surface area contributed by atoms with Gasteiger partial charge in [-0.1, -0.05) is 31.5 Å². The van der Waals surface area contributed by atoms with E-state index in [0.29, 0.717) is 0 Å². The van der Waals surface area contributed by atoms with E-state index < -0.39 is 5.91 Å². The van der Waals surface area contributed by atoms with Crippen LogP contribution in [0.25, 0.3) is 5.69 Å². The minimum absolute atomic E-state index is 0.102. The Kier molecular flexibility index (Phi) is 4.69. The van der Waals surface area contributed by atoms with E-state index >= 15 is 0 Å². The summed E-state index contributed by atoms with van der Waals surface area (Å²) in [5.74, 6) is -0.619. The summed E-state index contributed by atoms with van der Waals surface area (Å²) in [5, 5.41) is 4.09. The van der Waals surface area contributed by atoms with Crippen molar-refractivity contribution in [3.8, 4) is 5.69 Å². The molecule has 4 N–H and O–H groups in total. The standard InChI is InChI=1S/C12H14N4O.C2H6/c1-7-3-4-10(8(2)5-7)16-6-9(13)11(15-16)12(14)17;1-2/h3-6H,13H2,1-2H3,(H2,14,17);1-2H3. The third-order valence-electron chi connectivity index (χ3n) is 2.58. The molecule has 19 heavy (non-hydrogen) atoms. The number of nitrogens with zero attached hydrogens (tertiary/aromatic N) is 2. The van der Waals surface area contributed by atoms with Crippen LogP contribution < -0.4 is 11.5 Å². The second-order valence-electron chi connectivity index (χ2n) is 4.03. The molecule has 1 amide bonds. The molecule has 2 rings (SSSR count). The SMILES string of the molecule is CC.Cc1ccc(-n2cc(N)c(C(N)=O)n2)c(C)c1. The van der Waals surface area contributed by atoms with Crippen molar-refractivity contribution < 1.29 is 4.79 Å². The van der Waals surface area contributed by atoms with Crippen molar-refractivity contribution in [2.45, 2.75) is 27.7 Å². The number of carbonyl (C=O) groups excluding carboxylic acids is 1. The average Bonchev–Trinajstić information content (AvgIpc) is 2.74. The van der Waals surface area contributed by atoms with E-state index in [2.05, 4.69) is 5.10 Å². The molecule has 0 fully saturated rings. The van der Waals surface area contributed by atoms with Crippen LogP contribution in [0.4, 0.5) is 5.69 Å². The van der Waals surface area contributed by atoms with Crippen molar-refractivity contribution >= 4 is 11.6 Å². The van der Waals surface area contributed by atoms with E-state index in [0.717, 1.165) is 11.3 Å². The summed E-state index contributed by atoms with van der Waals surface area (Å²) in [5.41, 5.74) is 14.4. The molecule has 0 aliphatic heterocycles. The number of nitrogens with two attached hydrogens (primary N) is 2. The van der Waals surface area contributed by atoms with Gasteiger partial charge in [-0.15, -0.1) is 0 Å². The molecule has 0 saturated carbocycles. The molecule has 1 heterocycles. The second-order valence-corrected chi connectivity index (χ2v) is 4.03. The predicted octanol–water partition coefficient (Wildman–Crippen LogP) is 2.20. The van der Waals surface area contributed by atoms with E-state index in [1.54, 1.807) is 10.9 Å². The molecule has 0 unspecified atom stereocenters. The fourth-order valence-corrected chi connectivity index (χ4v) is 1.76. The van der Waals surface area contributed by atoms with E-state index in [1.807, 2.05) is 45.9 Å². The number of primary amides is 1. The third-order valence-corrected chi connectivity index (χ3v) is 2.58. The maximum atomic E-state index is 11.1. The molecule has 1 aromatic carbocycles. The fourth-order valence-electron chi connectivity index (χ4n) is 1.76. The smallest absolute Gasteiger partial charge is 0.271 e. The first-order chi connectivity index (χ1) is 8.99. The van der Waals surface area contributed by atoms with Gasteiger partial charge in [0.15, 0.2) is 5.69 Å². The van der Waals surface area contributed by atoms with Gasteiger partial charge in [0.25, 0.3) is 5.91 Å². The monoisotopic (exact) mass is 260 g/mol. The summed E-state index contributed by atoms with van der Waals surface area (Å²) in [6.07, 6.45) is 1.60. The van der Waals surface area contributed by atoms with Crippen LogP contribution in [0.2, 0.25) is 0 Å². The van der Waals surface area contributed by atoms with Crippen LogP contribution >= 0.6 is 0 Å². The lowest BCUT2D eigenvalue weighted by Crippen LogP contribution is -2.14. The maximum Gasteiger partial charge on any atom is 0.271 e. The Morgan fingerprint density at radius 2 is 1.89 bits per heavy atom. The molecule has 0 spiro atoms. The van der Waals surface area contributed by atoms with Gasteiger partial charge < -0.3 is 11.5 Å². The van der Waals surface area contributed by atoms with Crippen molar-refractivity contribution in [3.05, 3.63) is 41.2 Å². The Morgan fingerprint density at radius 3 is 2.37 bits per heavy atom. The number of aryl methyl sites for hydroxylation is 2. The summed E-state index contributed by atoms with van der Waals surface area (Å²) in [7, 11) is 0. The topological polar surface area (TPSA) is 86.9 Å². The summed E-state index contributed by atoms with van der Waals surface area (Å²) >= 11 is 0. The van der Waals surface area contributed by atoms with Crippen LogP contribution in [0, 0.1) is 13.8 Å². The number of hydrogen-bond acceptors (Lipinski definition) is 3. The van der Waals surface area contributed by atoms with Crippen LogP contribution in [-0.4, -0.2) is 15.7 Å². The second kappa shape index (κ2) is 6.04. The van der Waals surface area contributed by atoms with E-state index in [1.165, 1.54) is 5.56 Å². The van der Waals surface area contributed by atoms with Gasteiger partial charge in [0, 0.05) is 0 Å². The molecule has 102 valence electrons. The van der Waals surface area contributed by atoms with Gasteiger partial charge >= 0.3 is 0 Å². The molecular formula is C14H20N4O. The summed E-state index contributed by atoms with van der Waals surface area (Å²) in [6.45, 7) is 7.99. The lowest BCUT2D eigenvalue weighted by molar-refractivity contribution is 0.0996. The Morgan fingerprint density at radius 1 is 1.26 bits per heavy atom. The Labute approximate surface area is 113 Å². The van der Waals surface area contributed by atoms with Crippen molar-refractivity contribution in [3.63, 3.8) is 0 Å². The molecule has 0 radical (unpaired) electrons. The normalized spacial score (nSPS) is 9.68. The minimum Gasteiger partial charge on any atom is -0.396 e. The van der Waals surface area contributed by atoms with E-state index in [4.69, 9.17) is 11.5 Å². The van der Waals surface area contributed by atoms with Gasteiger partial charge in [0.1, 0.15) is 0 Å². The highest BCUT2D eigenvalue weighted by molar-refractivity contribution is 5.95. The summed E-state index contributed by atoms with van der Waals surface area (Å²) in [6, 6.07) is 5.95. The number of aromatic nitrogens is 2. The van der Waals surface area contributed by atoms with Gasteiger partial charge in [-0.25, -0.2) is 4.68 Å². The van der Waals surface area contributed by atoms with Gasteiger partial charge in [0.05, 0.1) is 17.6 Å². The zero-order chi connectivity index (χ0) is 14.6. The first-order valence-corrected chi connectivity index (χ1v) is 6.21. The van der Waals surface area contributed by atoms with Crippen LogP contribution in [0.3, 0.4) is 0 Å². The van der Waals surface area contributed by atoms with Crippen molar-refractivity contribution in [1.82, 2.24) is 9.78 Å². The zero-order valence-corrected chi connectivity index (χ0v) is 11.8. The number of nitrogen functional groups attached to an aromatic ring is 1. The highest BCUT2D eigenvalue weighted by Crippen LogP contribution is 2.18. The third kappa shape index (κ3) is 3.13. The van der Waals surface area contributed by atoms with Crippen LogP contribution in [0.15, 0.2) is 24.4 Å². The van der Waals surface area contributed by atoms with Crippen molar-refractivity contribution in [2.24, 2.45) is 5.73 Å². The van der Waals surface area contributed by atoms with Gasteiger partial charge in [-0.3, -0.25) is 4.79 Å². The number of hydrogen-bond donors (Lipinski definition) is 2. The first kappa shape index (κ1) is 14.8. The first-order valence-electron chi connectivity index (χ1n) is 6.21. The Hall–Kier alpha value is -2.30. The molecule has 0 atom stereocenters. The summed E-state index contributed by atoms with van der Waals surface area (Å²) < 4.78 is 1.57. The molecule has 1 aromatic heterocycles. The van der Waals surface area contributed by atoms with Gasteiger partial charge in [-0.2, -0.15) is 5.10 Å². The molecule has 0 aliphatic carbocycles. The van der Waals surface area contributed by atoms with E-state index in [9.17, 15) is 4.79 Å². The molecule has 0 saturated heterocycles. The quantitative estimate of drug-likeness (QED) is 0.867. The fraction of sp³-hybridized carbons (Fsp3) is 0.286. The van der Waals surface area contributed by atoms with E-state index in [-0.39, 0.29) is 11.4 Å². The van der Waals surface area contributed by atoms with Crippen molar-refractivity contribution in [1.29, 1.82) is 0 Å². The molecule has 5 nitrogen and oxygen atoms in total. The predicted molar refractivity (Wildman–Crippen MR) is 77.3 cm³/mol. The molecule has 0 bridgehead atoms.